The lowest BCUT2D eigenvalue weighted by Gasteiger charge is -2.23. The molecule has 0 aromatic heterocycles. The largest absolute Gasteiger partial charge is 0.492 e. The maximum Gasteiger partial charge on any atom is 0.251 e. The Hall–Kier alpha value is -3.32. The zero-order chi connectivity index (χ0) is 25.6. The first-order valence-electron chi connectivity index (χ1n) is 11.6. The van der Waals surface area contributed by atoms with Crippen molar-refractivity contribution < 1.29 is 17.9 Å². The number of aryl methyl sites for hydroxylation is 1. The van der Waals surface area contributed by atoms with Crippen LogP contribution in [0, 0.1) is 6.92 Å². The number of nitrogens with zero attached hydrogens (tertiary/aromatic N) is 1. The predicted molar refractivity (Wildman–Crippen MR) is 142 cm³/mol. The Bertz CT molecular complexity index is 1250. The summed E-state index contributed by atoms with van der Waals surface area (Å²) in [5, 5.41) is 2.85. The molecule has 35 heavy (non-hydrogen) atoms. The first-order chi connectivity index (χ1) is 16.4. The van der Waals surface area contributed by atoms with Crippen molar-refractivity contribution in [1.82, 2.24) is 5.32 Å². The van der Waals surface area contributed by atoms with E-state index in [1.165, 1.54) is 16.1 Å². The van der Waals surface area contributed by atoms with Crippen LogP contribution in [-0.4, -0.2) is 33.7 Å². The van der Waals surface area contributed by atoms with Crippen LogP contribution in [0.15, 0.2) is 72.8 Å². The summed E-state index contributed by atoms with van der Waals surface area (Å²) in [7, 11) is -3.47. The minimum atomic E-state index is -3.47. The third kappa shape index (κ3) is 7.59. The van der Waals surface area contributed by atoms with Gasteiger partial charge in [0.15, 0.2) is 0 Å². The summed E-state index contributed by atoms with van der Waals surface area (Å²) < 4.78 is 31.9. The fourth-order valence-corrected chi connectivity index (χ4v) is 4.48. The summed E-state index contributed by atoms with van der Waals surface area (Å²) in [6, 6.07) is 22.3. The Morgan fingerprint density at radius 1 is 0.971 bits per heavy atom. The first kappa shape index (κ1) is 26.3. The lowest BCUT2D eigenvalue weighted by Crippen LogP contribution is -2.29. The lowest BCUT2D eigenvalue weighted by atomic mass is 9.87. The van der Waals surface area contributed by atoms with Gasteiger partial charge < -0.3 is 10.1 Å². The van der Waals surface area contributed by atoms with E-state index in [2.05, 4.69) is 38.2 Å². The number of carbonyl (C=O) groups is 1. The summed E-state index contributed by atoms with van der Waals surface area (Å²) >= 11 is 0. The van der Waals surface area contributed by atoms with Gasteiger partial charge in [-0.2, -0.15) is 0 Å². The van der Waals surface area contributed by atoms with Gasteiger partial charge in [-0.1, -0.05) is 57.2 Å². The van der Waals surface area contributed by atoms with Gasteiger partial charge in [0.1, 0.15) is 12.4 Å². The Kier molecular flexibility index (Phi) is 8.22. The van der Waals surface area contributed by atoms with Crippen LogP contribution in [0.2, 0.25) is 0 Å². The van der Waals surface area contributed by atoms with Gasteiger partial charge in [0.25, 0.3) is 5.91 Å². The molecule has 6 nitrogen and oxygen atoms in total. The van der Waals surface area contributed by atoms with Gasteiger partial charge >= 0.3 is 0 Å². The molecule has 7 heteroatoms. The molecule has 0 saturated carbocycles. The van der Waals surface area contributed by atoms with Crippen LogP contribution in [-0.2, 0) is 22.0 Å². The molecule has 3 rings (SSSR count). The number of ether oxygens (including phenoxy) is 1. The van der Waals surface area contributed by atoms with Crippen LogP contribution in [0.4, 0.5) is 5.69 Å². The lowest BCUT2D eigenvalue weighted by molar-refractivity contribution is 0.0947. The third-order valence-corrected chi connectivity index (χ3v) is 6.75. The number of sulfonamides is 1. The van der Waals surface area contributed by atoms with Crippen LogP contribution >= 0.6 is 0 Å². The monoisotopic (exact) mass is 494 g/mol. The van der Waals surface area contributed by atoms with E-state index in [-0.39, 0.29) is 17.9 Å². The van der Waals surface area contributed by atoms with E-state index in [4.69, 9.17) is 4.74 Å². The molecule has 0 atom stereocenters. The summed E-state index contributed by atoms with van der Waals surface area (Å²) in [5.74, 6) is 0.558. The number of anilines is 1. The van der Waals surface area contributed by atoms with Crippen molar-refractivity contribution in [1.29, 1.82) is 0 Å². The molecule has 0 heterocycles. The smallest absolute Gasteiger partial charge is 0.251 e. The van der Waals surface area contributed by atoms with E-state index in [1.807, 2.05) is 37.3 Å². The molecule has 0 unspecified atom stereocenters. The zero-order valence-corrected chi connectivity index (χ0v) is 21.9. The molecule has 3 aromatic rings. The molecule has 0 aliphatic carbocycles. The summed E-state index contributed by atoms with van der Waals surface area (Å²) in [6.07, 6.45) is 1.19. The van der Waals surface area contributed by atoms with Crippen molar-refractivity contribution in [2.75, 3.05) is 23.7 Å². The second kappa shape index (κ2) is 11.0. The van der Waals surface area contributed by atoms with Crippen LogP contribution in [0.25, 0.3) is 0 Å². The third-order valence-electron chi connectivity index (χ3n) is 5.61. The van der Waals surface area contributed by atoms with Crippen molar-refractivity contribution in [2.24, 2.45) is 0 Å². The van der Waals surface area contributed by atoms with Crippen LogP contribution < -0.4 is 14.4 Å². The molecule has 0 fully saturated rings. The molecule has 186 valence electrons. The fraction of sp³-hybridized carbons (Fsp3) is 0.321. The maximum absolute atomic E-state index is 12.5. The highest BCUT2D eigenvalue weighted by molar-refractivity contribution is 7.92. The van der Waals surface area contributed by atoms with E-state index in [0.29, 0.717) is 24.4 Å². The molecule has 0 saturated heterocycles. The van der Waals surface area contributed by atoms with Crippen molar-refractivity contribution in [3.63, 3.8) is 0 Å². The molecular weight excluding hydrogens is 460 g/mol. The normalized spacial score (nSPS) is 11.7. The van der Waals surface area contributed by atoms with E-state index in [9.17, 15) is 13.2 Å². The number of hydrogen-bond donors (Lipinski definition) is 1. The van der Waals surface area contributed by atoms with Crippen molar-refractivity contribution >= 4 is 21.6 Å². The number of hydrogen-bond acceptors (Lipinski definition) is 4. The van der Waals surface area contributed by atoms with Crippen molar-refractivity contribution in [3.05, 3.63) is 95.1 Å². The second-order valence-electron chi connectivity index (χ2n) is 9.68. The van der Waals surface area contributed by atoms with E-state index >= 15 is 0 Å². The van der Waals surface area contributed by atoms with E-state index in [1.54, 1.807) is 30.3 Å². The summed E-state index contributed by atoms with van der Waals surface area (Å²) in [6.45, 7) is 9.33. The molecule has 0 aliphatic heterocycles. The highest BCUT2D eigenvalue weighted by Crippen LogP contribution is 2.24. The van der Waals surface area contributed by atoms with Crippen LogP contribution in [0.1, 0.15) is 47.8 Å². The van der Waals surface area contributed by atoms with Gasteiger partial charge in [0.2, 0.25) is 10.0 Å². The molecule has 0 spiro atoms. The first-order valence-corrected chi connectivity index (χ1v) is 13.4. The Balaban J connectivity index is 1.53. The number of benzene rings is 3. The number of amides is 1. The molecule has 1 N–H and O–H groups in total. The summed E-state index contributed by atoms with van der Waals surface area (Å²) in [5.41, 5.74) is 4.21. The van der Waals surface area contributed by atoms with Crippen LogP contribution in [0.3, 0.4) is 0 Å². The van der Waals surface area contributed by atoms with Crippen molar-refractivity contribution in [2.45, 2.75) is 39.7 Å². The van der Waals surface area contributed by atoms with Crippen LogP contribution in [0.5, 0.6) is 5.75 Å². The molecular formula is C28H34N2O4S. The van der Waals surface area contributed by atoms with Gasteiger partial charge in [-0.05, 0) is 65.4 Å². The number of rotatable bonds is 9. The fourth-order valence-electron chi connectivity index (χ4n) is 3.60. The SMILES string of the molecule is Cc1cccc(N(Cc2ccc(C(=O)NCCOc3ccc(C(C)(C)C)cc3)cc2)S(C)(=O)=O)c1. The Labute approximate surface area is 209 Å². The predicted octanol–water partition coefficient (Wildman–Crippen LogP) is 5.07. The Morgan fingerprint density at radius 2 is 1.63 bits per heavy atom. The molecule has 0 aliphatic rings. The second-order valence-corrected chi connectivity index (χ2v) is 11.6. The highest BCUT2D eigenvalue weighted by Gasteiger charge is 2.18. The average molecular weight is 495 g/mol. The summed E-state index contributed by atoms with van der Waals surface area (Å²) in [4.78, 5) is 12.5. The molecule has 0 bridgehead atoms. The van der Waals surface area contributed by atoms with Crippen molar-refractivity contribution in [3.8, 4) is 5.75 Å². The molecule has 3 aromatic carbocycles. The van der Waals surface area contributed by atoms with Gasteiger partial charge in [-0.15, -0.1) is 0 Å². The van der Waals surface area contributed by atoms with Gasteiger partial charge in [0.05, 0.1) is 25.0 Å². The minimum absolute atomic E-state index is 0.0890. The molecule has 1 amide bonds. The van der Waals surface area contributed by atoms with Gasteiger partial charge in [0, 0.05) is 5.56 Å². The number of carbonyl (C=O) groups excluding carboxylic acids is 1. The van der Waals surface area contributed by atoms with Gasteiger partial charge in [-0.3, -0.25) is 9.10 Å². The topological polar surface area (TPSA) is 75.7 Å². The maximum atomic E-state index is 12.5. The number of nitrogens with one attached hydrogen (secondary N) is 1. The molecule has 0 radical (unpaired) electrons. The standard InChI is InChI=1S/C28H34N2O4S/c1-21-7-6-8-25(19-21)30(35(5,32)33)20-22-9-11-23(12-10-22)27(31)29-17-18-34-26-15-13-24(14-16-26)28(2,3)4/h6-16,19H,17-18,20H2,1-5H3,(H,29,31). The van der Waals surface area contributed by atoms with E-state index in [0.717, 1.165) is 16.9 Å². The zero-order valence-electron chi connectivity index (χ0n) is 21.0. The quantitative estimate of drug-likeness (QED) is 0.422. The minimum Gasteiger partial charge on any atom is -0.492 e. The van der Waals surface area contributed by atoms with Gasteiger partial charge in [-0.25, -0.2) is 8.42 Å². The van der Waals surface area contributed by atoms with E-state index < -0.39 is 10.0 Å². The Morgan fingerprint density at radius 3 is 2.20 bits per heavy atom. The average Bonchev–Trinajstić information content (AvgIpc) is 2.79. The highest BCUT2D eigenvalue weighted by atomic mass is 32.2.